The van der Waals surface area contributed by atoms with Crippen LogP contribution in [-0.2, 0) is 11.2 Å². The van der Waals surface area contributed by atoms with Crippen LogP contribution in [0.2, 0.25) is 0 Å². The molecule has 5 nitrogen and oxygen atoms in total. The van der Waals surface area contributed by atoms with Crippen LogP contribution in [0.1, 0.15) is 5.56 Å². The first-order valence-corrected chi connectivity index (χ1v) is 5.23. The zero-order chi connectivity index (χ0) is 11.3. The quantitative estimate of drug-likeness (QED) is 0.400. The molecule has 0 aliphatic heterocycles. The average Bonchev–Trinajstić information content (AvgIpc) is 2.20. The lowest BCUT2D eigenvalue weighted by molar-refractivity contribution is -0.138. The molecule has 0 unspecified atom stereocenters. The molecule has 1 atom stereocenters. The monoisotopic (exact) mass is 317 g/mol. The van der Waals surface area contributed by atoms with Gasteiger partial charge < -0.3 is 5.11 Å². The van der Waals surface area contributed by atoms with Crippen LogP contribution in [0.4, 0.5) is 0 Å². The Morgan fingerprint density at radius 1 is 1.60 bits per heavy atom. The van der Waals surface area contributed by atoms with Gasteiger partial charge in [-0.25, -0.2) is 0 Å². The van der Waals surface area contributed by atoms with Gasteiger partial charge in [-0.2, -0.15) is 0 Å². The molecule has 0 saturated heterocycles. The van der Waals surface area contributed by atoms with E-state index in [0.717, 1.165) is 9.13 Å². The Kier molecular flexibility index (Phi) is 4.38. The topological polar surface area (TPSA) is 86.1 Å². The number of carboxylic acid groups (broad SMARTS) is 1. The van der Waals surface area contributed by atoms with Crippen LogP contribution in [0.25, 0.3) is 10.4 Å². The van der Waals surface area contributed by atoms with E-state index in [1.165, 1.54) is 0 Å². The number of carboxylic acids is 1. The van der Waals surface area contributed by atoms with E-state index in [1.54, 1.807) is 0 Å². The fraction of sp³-hybridized carbons (Fsp3) is 0.222. The molecule has 0 aromatic heterocycles. The lowest BCUT2D eigenvalue weighted by Gasteiger charge is -2.07. The minimum absolute atomic E-state index is 0.221. The summed E-state index contributed by atoms with van der Waals surface area (Å²) in [5.41, 5.74) is 9.10. The molecule has 0 heterocycles. The Labute approximate surface area is 99.9 Å². The zero-order valence-electron chi connectivity index (χ0n) is 7.67. The molecule has 0 amide bonds. The molecular formula is C9H8IN3O2. The van der Waals surface area contributed by atoms with E-state index in [0.29, 0.717) is 0 Å². The van der Waals surface area contributed by atoms with Crippen molar-refractivity contribution in [3.05, 3.63) is 43.8 Å². The summed E-state index contributed by atoms with van der Waals surface area (Å²) in [5.74, 6) is -1.10. The second-order valence-electron chi connectivity index (χ2n) is 2.85. The van der Waals surface area contributed by atoms with Crippen LogP contribution < -0.4 is 0 Å². The maximum atomic E-state index is 10.7. The van der Waals surface area contributed by atoms with Crippen molar-refractivity contribution in [1.29, 1.82) is 0 Å². The zero-order valence-corrected chi connectivity index (χ0v) is 9.83. The molecule has 0 spiro atoms. The maximum Gasteiger partial charge on any atom is 0.312 e. The van der Waals surface area contributed by atoms with E-state index in [-0.39, 0.29) is 6.42 Å². The number of halogens is 1. The summed E-state index contributed by atoms with van der Waals surface area (Å²) in [4.78, 5) is 13.3. The number of hydrogen-bond donors (Lipinski definition) is 1. The number of hydrogen-bond acceptors (Lipinski definition) is 2. The highest BCUT2D eigenvalue weighted by molar-refractivity contribution is 14.1. The van der Waals surface area contributed by atoms with Crippen LogP contribution in [0.5, 0.6) is 0 Å². The van der Waals surface area contributed by atoms with Gasteiger partial charge in [-0.05, 0) is 46.2 Å². The Hall–Kier alpha value is -1.27. The van der Waals surface area contributed by atoms with Gasteiger partial charge in [0.15, 0.2) is 0 Å². The minimum Gasteiger partial charge on any atom is -0.481 e. The lowest BCUT2D eigenvalue weighted by atomic mass is 10.1. The van der Waals surface area contributed by atoms with Gasteiger partial charge in [0, 0.05) is 8.48 Å². The maximum absolute atomic E-state index is 10.7. The first kappa shape index (κ1) is 11.8. The first-order chi connectivity index (χ1) is 7.15. The predicted molar refractivity (Wildman–Crippen MR) is 63.4 cm³/mol. The van der Waals surface area contributed by atoms with Gasteiger partial charge in [0.25, 0.3) is 0 Å². The number of nitrogens with zero attached hydrogens (tertiary/aromatic N) is 3. The van der Waals surface area contributed by atoms with Crippen LogP contribution in [-0.4, -0.2) is 17.1 Å². The summed E-state index contributed by atoms with van der Waals surface area (Å²) >= 11 is 2.12. The van der Waals surface area contributed by atoms with E-state index < -0.39 is 12.0 Å². The molecule has 15 heavy (non-hydrogen) atoms. The Balaban J connectivity index is 2.88. The van der Waals surface area contributed by atoms with E-state index in [4.69, 9.17) is 10.6 Å². The first-order valence-electron chi connectivity index (χ1n) is 4.15. The van der Waals surface area contributed by atoms with Crippen molar-refractivity contribution in [3.8, 4) is 0 Å². The van der Waals surface area contributed by atoms with Crippen LogP contribution >= 0.6 is 22.6 Å². The Bertz CT molecular complexity index is 414. The molecule has 0 bridgehead atoms. The molecule has 78 valence electrons. The summed E-state index contributed by atoms with van der Waals surface area (Å²) < 4.78 is 0.967. The molecule has 0 aliphatic carbocycles. The van der Waals surface area contributed by atoms with Crippen molar-refractivity contribution in [2.45, 2.75) is 12.5 Å². The van der Waals surface area contributed by atoms with Crippen LogP contribution in [0, 0.1) is 3.57 Å². The molecule has 0 fully saturated rings. The van der Waals surface area contributed by atoms with Gasteiger partial charge in [0.2, 0.25) is 0 Å². The highest BCUT2D eigenvalue weighted by Crippen LogP contribution is 2.14. The molecule has 1 N–H and O–H groups in total. The highest BCUT2D eigenvalue weighted by Gasteiger charge is 2.16. The smallest absolute Gasteiger partial charge is 0.312 e. The van der Waals surface area contributed by atoms with Crippen LogP contribution in [0.3, 0.4) is 0 Å². The van der Waals surface area contributed by atoms with Gasteiger partial charge in [-0.15, -0.1) is 0 Å². The van der Waals surface area contributed by atoms with E-state index in [2.05, 4.69) is 32.6 Å². The molecule has 0 aliphatic rings. The van der Waals surface area contributed by atoms with Gasteiger partial charge in [0.1, 0.15) is 6.04 Å². The van der Waals surface area contributed by atoms with Gasteiger partial charge in [-0.1, -0.05) is 23.3 Å². The lowest BCUT2D eigenvalue weighted by Crippen LogP contribution is -2.20. The van der Waals surface area contributed by atoms with E-state index in [1.807, 2.05) is 24.3 Å². The molecular weight excluding hydrogens is 309 g/mol. The highest BCUT2D eigenvalue weighted by atomic mass is 127. The number of azide groups is 1. The molecule has 0 saturated carbocycles. The summed E-state index contributed by atoms with van der Waals surface area (Å²) in [6, 6.07) is 6.36. The third-order valence-electron chi connectivity index (χ3n) is 1.85. The fourth-order valence-electron chi connectivity index (χ4n) is 1.11. The molecule has 1 rings (SSSR count). The van der Waals surface area contributed by atoms with Gasteiger partial charge in [0.05, 0.1) is 0 Å². The van der Waals surface area contributed by atoms with Crippen molar-refractivity contribution < 1.29 is 9.90 Å². The fourth-order valence-corrected chi connectivity index (χ4v) is 1.72. The molecule has 1 aromatic carbocycles. The van der Waals surface area contributed by atoms with E-state index in [9.17, 15) is 4.79 Å². The standard InChI is InChI=1S/C9H8IN3O2/c10-7-4-2-1-3-6(7)5-8(9(14)15)12-13-11/h1-4,8H,5H2,(H,14,15)/t8-/m0/s1. The minimum atomic E-state index is -1.10. The van der Waals surface area contributed by atoms with Gasteiger partial charge >= 0.3 is 5.97 Å². The van der Waals surface area contributed by atoms with Crippen LogP contribution in [0.15, 0.2) is 29.4 Å². The Morgan fingerprint density at radius 3 is 2.80 bits per heavy atom. The third kappa shape index (κ3) is 3.41. The predicted octanol–water partition coefficient (Wildman–Crippen LogP) is 2.60. The number of rotatable bonds is 4. The van der Waals surface area contributed by atoms with Gasteiger partial charge in [-0.3, -0.25) is 4.79 Å². The van der Waals surface area contributed by atoms with E-state index >= 15 is 0 Å². The number of aliphatic carboxylic acids is 1. The number of benzene rings is 1. The second-order valence-corrected chi connectivity index (χ2v) is 4.02. The SMILES string of the molecule is [N-]=[N+]=N[C@@H](Cc1ccccc1I)C(=O)O. The Morgan fingerprint density at radius 2 is 2.27 bits per heavy atom. The molecule has 1 aromatic rings. The molecule has 0 radical (unpaired) electrons. The van der Waals surface area contributed by atoms with Crippen molar-refractivity contribution >= 4 is 28.6 Å². The van der Waals surface area contributed by atoms with Crippen molar-refractivity contribution in [3.63, 3.8) is 0 Å². The average molecular weight is 317 g/mol. The van der Waals surface area contributed by atoms with Crippen molar-refractivity contribution in [1.82, 2.24) is 0 Å². The second kappa shape index (κ2) is 5.57. The van der Waals surface area contributed by atoms with Crippen molar-refractivity contribution in [2.24, 2.45) is 5.11 Å². The summed E-state index contributed by atoms with van der Waals surface area (Å²) in [5, 5.41) is 12.0. The normalized spacial score (nSPS) is 11.5. The summed E-state index contributed by atoms with van der Waals surface area (Å²) in [7, 11) is 0. The number of carbonyl (C=O) groups is 1. The summed E-state index contributed by atoms with van der Waals surface area (Å²) in [6.07, 6.45) is 0.221. The molecule has 6 heteroatoms. The summed E-state index contributed by atoms with van der Waals surface area (Å²) in [6.45, 7) is 0. The van der Waals surface area contributed by atoms with Crippen molar-refractivity contribution in [2.75, 3.05) is 0 Å². The third-order valence-corrected chi connectivity index (χ3v) is 2.90. The largest absolute Gasteiger partial charge is 0.481 e.